The Hall–Kier alpha value is -3.23. The molecule has 0 saturated carbocycles. The van der Waals surface area contributed by atoms with Crippen LogP contribution in [0.1, 0.15) is 39.3 Å². The number of rotatable bonds is 3. The predicted molar refractivity (Wildman–Crippen MR) is 116 cm³/mol. The molecule has 9 heteroatoms. The molecule has 0 aliphatic carbocycles. The SMILES string of the molecule is Cc1cccc(NC(=O)C2CCCN(c3nc4c(cnn4C(C)(C)C)c(=O)[nH]3)C2)n1. The Morgan fingerprint density at radius 1 is 1.27 bits per heavy atom. The molecule has 1 unspecified atom stereocenters. The van der Waals surface area contributed by atoms with Gasteiger partial charge < -0.3 is 10.2 Å². The second kappa shape index (κ2) is 7.55. The number of aryl methyl sites for hydroxylation is 1. The molecule has 0 spiro atoms. The van der Waals surface area contributed by atoms with Crippen LogP contribution >= 0.6 is 0 Å². The van der Waals surface area contributed by atoms with E-state index in [1.807, 2.05) is 44.7 Å². The van der Waals surface area contributed by atoms with E-state index < -0.39 is 0 Å². The van der Waals surface area contributed by atoms with Gasteiger partial charge in [-0.1, -0.05) is 6.07 Å². The highest BCUT2D eigenvalue weighted by atomic mass is 16.2. The van der Waals surface area contributed by atoms with Crippen molar-refractivity contribution >= 4 is 28.7 Å². The lowest BCUT2D eigenvalue weighted by molar-refractivity contribution is -0.120. The molecule has 4 heterocycles. The maximum absolute atomic E-state index is 12.8. The molecular formula is C21H27N7O2. The number of carbonyl (C=O) groups is 1. The standard InChI is InChI=1S/C21H27N7O2/c1-13-7-5-9-16(23-13)24-18(29)14-8-6-10-27(12-14)20-25-17-15(19(30)26-20)11-22-28(17)21(2,3)4/h5,7,9,11,14H,6,8,10,12H2,1-4H3,(H,23,24,29)(H,25,26,30). The van der Waals surface area contributed by atoms with E-state index >= 15 is 0 Å². The van der Waals surface area contributed by atoms with Crippen molar-refractivity contribution in [3.05, 3.63) is 40.4 Å². The number of hydrogen-bond acceptors (Lipinski definition) is 6. The van der Waals surface area contributed by atoms with E-state index in [2.05, 4.69) is 20.4 Å². The van der Waals surface area contributed by atoms with Gasteiger partial charge in [-0.3, -0.25) is 14.6 Å². The number of aromatic amines is 1. The highest BCUT2D eigenvalue weighted by Gasteiger charge is 2.28. The fraction of sp³-hybridized carbons (Fsp3) is 0.476. The van der Waals surface area contributed by atoms with Crippen LogP contribution in [0.5, 0.6) is 0 Å². The van der Waals surface area contributed by atoms with Gasteiger partial charge in [-0.2, -0.15) is 10.1 Å². The monoisotopic (exact) mass is 409 g/mol. The summed E-state index contributed by atoms with van der Waals surface area (Å²) >= 11 is 0. The van der Waals surface area contributed by atoms with Crippen LogP contribution in [-0.4, -0.2) is 43.7 Å². The van der Waals surface area contributed by atoms with E-state index in [1.54, 1.807) is 16.9 Å². The van der Waals surface area contributed by atoms with E-state index in [9.17, 15) is 9.59 Å². The van der Waals surface area contributed by atoms with E-state index in [0.29, 0.717) is 29.3 Å². The molecule has 1 amide bonds. The predicted octanol–water partition coefficient (Wildman–Crippen LogP) is 2.43. The van der Waals surface area contributed by atoms with Crippen LogP contribution in [0, 0.1) is 12.8 Å². The van der Waals surface area contributed by atoms with Crippen LogP contribution in [0.3, 0.4) is 0 Å². The summed E-state index contributed by atoms with van der Waals surface area (Å²) in [5.41, 5.74) is 0.881. The lowest BCUT2D eigenvalue weighted by Crippen LogP contribution is -2.42. The third-order valence-corrected chi connectivity index (χ3v) is 5.29. The third kappa shape index (κ3) is 3.92. The van der Waals surface area contributed by atoms with Gasteiger partial charge >= 0.3 is 0 Å². The highest BCUT2D eigenvalue weighted by Crippen LogP contribution is 2.24. The zero-order valence-corrected chi connectivity index (χ0v) is 17.8. The number of aromatic nitrogens is 5. The largest absolute Gasteiger partial charge is 0.341 e. The van der Waals surface area contributed by atoms with Crippen molar-refractivity contribution in [2.24, 2.45) is 5.92 Å². The average molecular weight is 409 g/mol. The van der Waals surface area contributed by atoms with Crippen molar-refractivity contribution < 1.29 is 4.79 Å². The molecule has 4 rings (SSSR count). The smallest absolute Gasteiger partial charge is 0.263 e. The lowest BCUT2D eigenvalue weighted by Gasteiger charge is -2.32. The first-order valence-corrected chi connectivity index (χ1v) is 10.2. The van der Waals surface area contributed by atoms with Crippen molar-refractivity contribution in [3.8, 4) is 0 Å². The molecule has 1 atom stereocenters. The summed E-state index contributed by atoms with van der Waals surface area (Å²) in [7, 11) is 0. The maximum Gasteiger partial charge on any atom is 0.263 e. The molecule has 30 heavy (non-hydrogen) atoms. The van der Waals surface area contributed by atoms with Gasteiger partial charge in [0.2, 0.25) is 11.9 Å². The summed E-state index contributed by atoms with van der Waals surface area (Å²) in [6.07, 6.45) is 3.16. The number of nitrogens with zero attached hydrogens (tertiary/aromatic N) is 5. The minimum Gasteiger partial charge on any atom is -0.341 e. The van der Waals surface area contributed by atoms with Crippen LogP contribution in [0.15, 0.2) is 29.2 Å². The number of piperidine rings is 1. The summed E-state index contributed by atoms with van der Waals surface area (Å²) in [5, 5.41) is 7.73. The summed E-state index contributed by atoms with van der Waals surface area (Å²) < 4.78 is 1.76. The molecule has 2 N–H and O–H groups in total. The summed E-state index contributed by atoms with van der Waals surface area (Å²) in [5.74, 6) is 0.749. The van der Waals surface area contributed by atoms with Crippen LogP contribution in [0.25, 0.3) is 11.0 Å². The van der Waals surface area contributed by atoms with Gasteiger partial charge in [0.15, 0.2) is 5.65 Å². The average Bonchev–Trinajstić information content (AvgIpc) is 3.13. The normalized spacial score (nSPS) is 17.3. The van der Waals surface area contributed by atoms with Crippen molar-refractivity contribution in [1.82, 2.24) is 24.7 Å². The number of pyridine rings is 1. The molecule has 3 aromatic heterocycles. The molecule has 1 saturated heterocycles. The molecule has 1 aliphatic heterocycles. The fourth-order valence-corrected chi connectivity index (χ4v) is 3.77. The van der Waals surface area contributed by atoms with Crippen LogP contribution in [0.2, 0.25) is 0 Å². The van der Waals surface area contributed by atoms with Gasteiger partial charge in [0, 0.05) is 18.8 Å². The Balaban J connectivity index is 1.58. The van der Waals surface area contributed by atoms with Crippen LogP contribution < -0.4 is 15.8 Å². The van der Waals surface area contributed by atoms with Crippen molar-refractivity contribution in [2.45, 2.75) is 46.1 Å². The van der Waals surface area contributed by atoms with E-state index in [0.717, 1.165) is 25.1 Å². The number of fused-ring (bicyclic) bond motifs is 1. The minimum atomic E-state index is -0.301. The second-order valence-corrected chi connectivity index (χ2v) is 8.79. The van der Waals surface area contributed by atoms with Crippen molar-refractivity contribution in [1.29, 1.82) is 0 Å². The Bertz CT molecular complexity index is 1140. The topological polar surface area (TPSA) is 109 Å². The van der Waals surface area contributed by atoms with Gasteiger partial charge in [0.05, 0.1) is 17.7 Å². The van der Waals surface area contributed by atoms with E-state index in [1.165, 1.54) is 0 Å². The molecule has 1 fully saturated rings. The quantitative estimate of drug-likeness (QED) is 0.688. The number of nitrogens with one attached hydrogen (secondary N) is 2. The van der Waals surface area contributed by atoms with Gasteiger partial charge in [-0.15, -0.1) is 0 Å². The molecular weight excluding hydrogens is 382 g/mol. The first-order valence-electron chi connectivity index (χ1n) is 10.2. The van der Waals surface area contributed by atoms with Crippen LogP contribution in [-0.2, 0) is 10.3 Å². The van der Waals surface area contributed by atoms with Gasteiger partial charge in [-0.05, 0) is 52.7 Å². The zero-order chi connectivity index (χ0) is 21.5. The molecule has 9 nitrogen and oxygen atoms in total. The zero-order valence-electron chi connectivity index (χ0n) is 17.8. The van der Waals surface area contributed by atoms with Gasteiger partial charge in [0.1, 0.15) is 11.2 Å². The molecule has 0 radical (unpaired) electrons. The molecule has 0 bridgehead atoms. The molecule has 1 aliphatic rings. The van der Waals surface area contributed by atoms with Crippen molar-refractivity contribution in [3.63, 3.8) is 0 Å². The van der Waals surface area contributed by atoms with Crippen molar-refractivity contribution in [2.75, 3.05) is 23.3 Å². The number of carbonyl (C=O) groups excluding carboxylic acids is 1. The first kappa shape index (κ1) is 20.1. The number of anilines is 2. The number of hydrogen-bond donors (Lipinski definition) is 2. The Morgan fingerprint density at radius 3 is 2.80 bits per heavy atom. The fourth-order valence-electron chi connectivity index (χ4n) is 3.77. The van der Waals surface area contributed by atoms with E-state index in [4.69, 9.17) is 4.98 Å². The molecule has 3 aromatic rings. The summed E-state index contributed by atoms with van der Waals surface area (Å²) in [6, 6.07) is 5.54. The highest BCUT2D eigenvalue weighted by molar-refractivity contribution is 5.92. The Morgan fingerprint density at radius 2 is 2.07 bits per heavy atom. The third-order valence-electron chi connectivity index (χ3n) is 5.29. The Labute approximate surface area is 174 Å². The molecule has 158 valence electrons. The van der Waals surface area contributed by atoms with Gasteiger partial charge in [0.25, 0.3) is 5.56 Å². The summed E-state index contributed by atoms with van der Waals surface area (Å²) in [6.45, 7) is 9.15. The Kier molecular flexibility index (Phi) is 5.05. The first-order chi connectivity index (χ1) is 14.2. The minimum absolute atomic E-state index is 0.0686. The van der Waals surface area contributed by atoms with Crippen LogP contribution in [0.4, 0.5) is 11.8 Å². The molecule has 0 aromatic carbocycles. The van der Waals surface area contributed by atoms with E-state index in [-0.39, 0.29) is 22.9 Å². The van der Waals surface area contributed by atoms with Gasteiger partial charge in [-0.25, -0.2) is 9.67 Å². The maximum atomic E-state index is 12.8. The lowest BCUT2D eigenvalue weighted by atomic mass is 9.97. The second-order valence-electron chi connectivity index (χ2n) is 8.79. The number of H-pyrrole nitrogens is 1. The number of amides is 1. The summed E-state index contributed by atoms with van der Waals surface area (Å²) in [4.78, 5) is 39.3.